The van der Waals surface area contributed by atoms with Crippen LogP contribution in [0.15, 0.2) is 54.6 Å². The van der Waals surface area contributed by atoms with Crippen LogP contribution in [0.5, 0.6) is 0 Å². The van der Waals surface area contributed by atoms with Gasteiger partial charge in [0.05, 0.1) is 12.2 Å². The number of hydrogen-bond acceptors (Lipinski definition) is 3. The number of hydrogen-bond donors (Lipinski definition) is 0. The minimum absolute atomic E-state index is 0.226. The van der Waals surface area contributed by atoms with E-state index in [-0.39, 0.29) is 6.61 Å². The number of aryl methyl sites for hydroxylation is 2. The van der Waals surface area contributed by atoms with E-state index in [0.717, 1.165) is 22.4 Å². The molecule has 0 aliphatic rings. The van der Waals surface area contributed by atoms with E-state index in [1.54, 1.807) is 10.8 Å². The smallest absolute Gasteiger partial charge is 0.331 e. The number of nitrogens with zero attached hydrogens (tertiary/aromatic N) is 2. The van der Waals surface area contributed by atoms with Crippen molar-refractivity contribution in [2.75, 3.05) is 0 Å². The van der Waals surface area contributed by atoms with Crippen molar-refractivity contribution in [3.63, 3.8) is 0 Å². The number of carbonyl (C=O) groups is 1. The highest BCUT2D eigenvalue weighted by Crippen LogP contribution is 2.24. The van der Waals surface area contributed by atoms with Gasteiger partial charge in [-0.25, -0.2) is 9.48 Å². The third-order valence-electron chi connectivity index (χ3n) is 4.24. The van der Waals surface area contributed by atoms with Gasteiger partial charge in [-0.3, -0.25) is 0 Å². The summed E-state index contributed by atoms with van der Waals surface area (Å²) < 4.78 is 6.95. The number of carbonyl (C=O) groups excluding carboxylic acids is 1. The summed E-state index contributed by atoms with van der Waals surface area (Å²) in [5.41, 5.74) is 4.39. The predicted molar refractivity (Wildman–Crippen MR) is 113 cm³/mol. The van der Waals surface area contributed by atoms with Gasteiger partial charge in [-0.15, -0.1) is 0 Å². The van der Waals surface area contributed by atoms with E-state index in [9.17, 15) is 4.79 Å². The number of aromatic nitrogens is 2. The van der Waals surface area contributed by atoms with Crippen molar-refractivity contribution in [2.45, 2.75) is 27.0 Å². The standard InChI is InChI=1S/C22H20Cl2N2O2/c1-15-6-5-7-17(12-15)14-28-21(27)11-10-19-16(2)25-26(22(19)24)13-18-8-3-4-9-20(18)23/h3-12H,13-14H2,1-2H3/b11-10+. The summed E-state index contributed by atoms with van der Waals surface area (Å²) in [6.45, 7) is 4.51. The summed E-state index contributed by atoms with van der Waals surface area (Å²) in [5, 5.41) is 5.55. The van der Waals surface area contributed by atoms with Crippen molar-refractivity contribution in [3.8, 4) is 0 Å². The molecule has 28 heavy (non-hydrogen) atoms. The first-order valence-electron chi connectivity index (χ1n) is 8.80. The summed E-state index contributed by atoms with van der Waals surface area (Å²) >= 11 is 12.7. The van der Waals surface area contributed by atoms with Gasteiger partial charge in [0.15, 0.2) is 0 Å². The molecule has 0 aliphatic heterocycles. The van der Waals surface area contributed by atoms with Gasteiger partial charge >= 0.3 is 5.97 Å². The molecule has 1 aromatic heterocycles. The summed E-state index contributed by atoms with van der Waals surface area (Å²) in [4.78, 5) is 12.0. The SMILES string of the molecule is Cc1cccc(COC(=O)/C=C/c2c(C)nn(Cc3ccccc3Cl)c2Cl)c1. The highest BCUT2D eigenvalue weighted by molar-refractivity contribution is 6.32. The number of ether oxygens (including phenoxy) is 1. The second-order valence-corrected chi connectivity index (χ2v) is 7.23. The molecule has 4 nitrogen and oxygen atoms in total. The molecule has 0 bridgehead atoms. The second-order valence-electron chi connectivity index (χ2n) is 6.47. The summed E-state index contributed by atoms with van der Waals surface area (Å²) in [5.74, 6) is -0.434. The van der Waals surface area contributed by atoms with E-state index >= 15 is 0 Å². The Bertz CT molecular complexity index is 1030. The zero-order valence-corrected chi connectivity index (χ0v) is 17.2. The van der Waals surface area contributed by atoms with Crippen molar-refractivity contribution in [1.29, 1.82) is 0 Å². The predicted octanol–water partition coefficient (Wildman–Crippen LogP) is 5.61. The third kappa shape index (κ3) is 5.03. The molecular formula is C22H20Cl2N2O2. The molecule has 0 atom stereocenters. The molecule has 0 radical (unpaired) electrons. The first-order chi connectivity index (χ1) is 13.4. The van der Waals surface area contributed by atoms with Gasteiger partial charge in [0.1, 0.15) is 11.8 Å². The van der Waals surface area contributed by atoms with Gasteiger partial charge < -0.3 is 4.74 Å². The molecule has 0 N–H and O–H groups in total. The van der Waals surface area contributed by atoms with Crippen molar-refractivity contribution >= 4 is 35.2 Å². The zero-order chi connectivity index (χ0) is 20.1. The molecule has 0 spiro atoms. The molecule has 6 heteroatoms. The molecular weight excluding hydrogens is 395 g/mol. The van der Waals surface area contributed by atoms with Gasteiger partial charge in [0.25, 0.3) is 0 Å². The average Bonchev–Trinajstić information content (AvgIpc) is 2.93. The summed E-state index contributed by atoms with van der Waals surface area (Å²) in [6, 6.07) is 15.4. The van der Waals surface area contributed by atoms with Gasteiger partial charge in [0.2, 0.25) is 0 Å². The fourth-order valence-corrected chi connectivity index (χ4v) is 3.30. The Morgan fingerprint density at radius 1 is 1.14 bits per heavy atom. The Hall–Kier alpha value is -2.56. The van der Waals surface area contributed by atoms with E-state index < -0.39 is 5.97 Å². The maximum absolute atomic E-state index is 12.0. The highest BCUT2D eigenvalue weighted by atomic mass is 35.5. The minimum atomic E-state index is -0.434. The van der Waals surface area contributed by atoms with Crippen LogP contribution in [0.25, 0.3) is 6.08 Å². The molecule has 0 unspecified atom stereocenters. The Kier molecular flexibility index (Phi) is 6.55. The largest absolute Gasteiger partial charge is 0.458 e. The van der Waals surface area contributed by atoms with Crippen LogP contribution in [-0.4, -0.2) is 15.7 Å². The Morgan fingerprint density at radius 2 is 1.93 bits per heavy atom. The van der Waals surface area contributed by atoms with Crippen molar-refractivity contribution in [2.24, 2.45) is 0 Å². The third-order valence-corrected chi connectivity index (χ3v) is 5.00. The molecule has 0 amide bonds. The van der Waals surface area contributed by atoms with Crippen LogP contribution in [-0.2, 0) is 22.7 Å². The molecule has 0 saturated carbocycles. The normalized spacial score (nSPS) is 11.1. The van der Waals surface area contributed by atoms with E-state index in [2.05, 4.69) is 5.10 Å². The monoisotopic (exact) mass is 414 g/mol. The maximum atomic E-state index is 12.0. The highest BCUT2D eigenvalue weighted by Gasteiger charge is 2.13. The van der Waals surface area contributed by atoms with Crippen LogP contribution >= 0.6 is 23.2 Å². The number of halogens is 2. The fourth-order valence-electron chi connectivity index (χ4n) is 2.81. The van der Waals surface area contributed by atoms with Crippen LogP contribution in [0.2, 0.25) is 10.2 Å². The lowest BCUT2D eigenvalue weighted by Gasteiger charge is -2.05. The Morgan fingerprint density at radius 3 is 2.68 bits per heavy atom. The zero-order valence-electron chi connectivity index (χ0n) is 15.7. The molecule has 2 aromatic carbocycles. The Labute approximate surface area is 174 Å². The molecule has 1 heterocycles. The molecule has 144 valence electrons. The molecule has 0 saturated heterocycles. The lowest BCUT2D eigenvalue weighted by Crippen LogP contribution is -2.02. The van der Waals surface area contributed by atoms with Crippen molar-refractivity contribution in [3.05, 3.63) is 92.7 Å². The van der Waals surface area contributed by atoms with Crippen LogP contribution in [0.3, 0.4) is 0 Å². The van der Waals surface area contributed by atoms with Crippen LogP contribution < -0.4 is 0 Å². The van der Waals surface area contributed by atoms with Crippen LogP contribution in [0, 0.1) is 13.8 Å². The quantitative estimate of drug-likeness (QED) is 0.388. The van der Waals surface area contributed by atoms with Gasteiger partial charge in [-0.2, -0.15) is 5.10 Å². The van der Waals surface area contributed by atoms with Gasteiger partial charge in [-0.1, -0.05) is 71.2 Å². The van der Waals surface area contributed by atoms with Crippen LogP contribution in [0.4, 0.5) is 0 Å². The minimum Gasteiger partial charge on any atom is -0.458 e. The van der Waals surface area contributed by atoms with E-state index in [4.69, 9.17) is 27.9 Å². The maximum Gasteiger partial charge on any atom is 0.331 e. The van der Waals surface area contributed by atoms with Gasteiger partial charge in [-0.05, 0) is 37.1 Å². The number of benzene rings is 2. The van der Waals surface area contributed by atoms with E-state index in [1.807, 2.05) is 62.4 Å². The fraction of sp³-hybridized carbons (Fsp3) is 0.182. The second kappa shape index (κ2) is 9.09. The van der Waals surface area contributed by atoms with Gasteiger partial charge in [0, 0.05) is 16.7 Å². The summed E-state index contributed by atoms with van der Waals surface area (Å²) in [7, 11) is 0. The molecule has 3 rings (SSSR count). The molecule has 0 aliphatic carbocycles. The van der Waals surface area contributed by atoms with Crippen LogP contribution in [0.1, 0.15) is 27.9 Å². The Balaban J connectivity index is 1.67. The van der Waals surface area contributed by atoms with Crippen molar-refractivity contribution in [1.82, 2.24) is 9.78 Å². The lowest BCUT2D eigenvalue weighted by atomic mass is 10.1. The van der Waals surface area contributed by atoms with E-state index in [1.165, 1.54) is 6.08 Å². The first-order valence-corrected chi connectivity index (χ1v) is 9.56. The van der Waals surface area contributed by atoms with Crippen molar-refractivity contribution < 1.29 is 9.53 Å². The first kappa shape index (κ1) is 20.2. The topological polar surface area (TPSA) is 44.1 Å². The average molecular weight is 415 g/mol. The lowest BCUT2D eigenvalue weighted by molar-refractivity contribution is -0.138. The summed E-state index contributed by atoms with van der Waals surface area (Å²) in [6.07, 6.45) is 3.00. The van der Waals surface area contributed by atoms with E-state index in [0.29, 0.717) is 22.3 Å². The number of esters is 1. The molecule has 3 aromatic rings. The molecule has 0 fully saturated rings. The number of rotatable bonds is 6.